The third kappa shape index (κ3) is 10.9. The van der Waals surface area contributed by atoms with Gasteiger partial charge in [-0.3, -0.25) is 0 Å². The van der Waals surface area contributed by atoms with Gasteiger partial charge in [-0.2, -0.15) is 5.26 Å². The van der Waals surface area contributed by atoms with Crippen molar-refractivity contribution in [3.8, 4) is 28.3 Å². The second-order valence-corrected chi connectivity index (χ2v) is 16.1. The van der Waals surface area contributed by atoms with E-state index in [1.54, 1.807) is 0 Å². The molecule has 10 heteroatoms. The molecule has 0 radical (unpaired) electrons. The van der Waals surface area contributed by atoms with Gasteiger partial charge >= 0.3 is 0 Å². The maximum atomic E-state index is 9.61. The molecule has 0 spiro atoms. The Morgan fingerprint density at radius 2 is 1.08 bits per heavy atom. The normalized spacial score (nSPS) is 11.1. The Labute approximate surface area is 375 Å². The number of aromatic nitrogens is 4. The van der Waals surface area contributed by atoms with Crippen molar-refractivity contribution in [3.05, 3.63) is 194 Å². The molecule has 62 heavy (non-hydrogen) atoms. The fourth-order valence-electron chi connectivity index (χ4n) is 7.64. The first kappa shape index (κ1) is 44.1. The highest BCUT2D eigenvalue weighted by Gasteiger charge is 2.19. The van der Waals surface area contributed by atoms with E-state index in [9.17, 15) is 5.26 Å². The molecule has 0 bridgehead atoms. The van der Waals surface area contributed by atoms with E-state index >= 15 is 0 Å². The van der Waals surface area contributed by atoms with E-state index in [2.05, 4.69) is 101 Å². The third-order valence-electron chi connectivity index (χ3n) is 11.0. The molecule has 8 nitrogen and oxygen atoms in total. The van der Waals surface area contributed by atoms with Crippen LogP contribution < -0.4 is 0 Å². The summed E-state index contributed by atoms with van der Waals surface area (Å²) in [6.45, 7) is 14.6. The molecule has 0 unspecified atom stereocenters. The molecule has 0 saturated carbocycles. The number of rotatable bonds is 20. The average Bonchev–Trinajstić information content (AvgIpc) is 3.77. The van der Waals surface area contributed by atoms with Gasteiger partial charge in [0.05, 0.1) is 56.0 Å². The van der Waals surface area contributed by atoms with Crippen LogP contribution in [0.3, 0.4) is 0 Å². The lowest BCUT2D eigenvalue weighted by Gasteiger charge is -2.14. The molecule has 7 rings (SSSR count). The van der Waals surface area contributed by atoms with E-state index in [0.717, 1.165) is 106 Å². The Morgan fingerprint density at radius 1 is 0.597 bits per heavy atom. The summed E-state index contributed by atoms with van der Waals surface area (Å²) in [5, 5.41) is 10.5. The minimum atomic E-state index is 0.312. The first-order chi connectivity index (χ1) is 30.4. The first-order valence-corrected chi connectivity index (χ1v) is 22.0. The zero-order valence-corrected chi connectivity index (χ0v) is 36.8. The molecule has 5 aromatic carbocycles. The van der Waals surface area contributed by atoms with Crippen LogP contribution in [0.1, 0.15) is 90.4 Å². The van der Waals surface area contributed by atoms with Crippen molar-refractivity contribution in [2.24, 2.45) is 0 Å². The highest BCUT2D eigenvalue weighted by molar-refractivity contribution is 6.30. The maximum Gasteiger partial charge on any atom is 0.194 e. The Bertz CT molecular complexity index is 2490. The van der Waals surface area contributed by atoms with Gasteiger partial charge in [-0.1, -0.05) is 165 Å². The van der Waals surface area contributed by atoms with Gasteiger partial charge in [-0.25, -0.2) is 14.8 Å². The smallest absolute Gasteiger partial charge is 0.194 e. The van der Waals surface area contributed by atoms with Gasteiger partial charge < -0.3 is 18.6 Å². The Kier molecular flexibility index (Phi) is 15.4. The summed E-state index contributed by atoms with van der Waals surface area (Å²) in [5.74, 6) is 1.90. The highest BCUT2D eigenvalue weighted by atomic mass is 35.5. The van der Waals surface area contributed by atoms with Gasteiger partial charge in [0.2, 0.25) is 0 Å². The highest BCUT2D eigenvalue weighted by Crippen LogP contribution is 2.31. The molecular formula is C52H50Cl2N6O2. The SMILES string of the molecule is [C-]#[N+]c1ccccc1-c1ccc(Cn2c(CCCC)nc(Cl)c2COCc2cccc(COCc3c(Cl)nc(CCCC)n3Cc3ccc(-c4ccccc4C#N)cc3)c2)cc1. The minimum Gasteiger partial charge on any atom is -0.370 e. The van der Waals surface area contributed by atoms with E-state index in [0.29, 0.717) is 61.1 Å². The zero-order valence-electron chi connectivity index (χ0n) is 35.3. The van der Waals surface area contributed by atoms with E-state index in [1.807, 2.05) is 54.6 Å². The lowest BCUT2D eigenvalue weighted by molar-refractivity contribution is 0.0984. The van der Waals surface area contributed by atoms with Gasteiger partial charge in [-0.15, -0.1) is 0 Å². The van der Waals surface area contributed by atoms with Crippen LogP contribution in [0.4, 0.5) is 5.69 Å². The van der Waals surface area contributed by atoms with Crippen molar-refractivity contribution >= 4 is 28.9 Å². The van der Waals surface area contributed by atoms with E-state index < -0.39 is 0 Å². The van der Waals surface area contributed by atoms with Crippen molar-refractivity contribution in [1.29, 1.82) is 5.26 Å². The Hall–Kier alpha value is -6.00. The Balaban J connectivity index is 0.990. The van der Waals surface area contributed by atoms with Crippen molar-refractivity contribution in [2.75, 3.05) is 0 Å². The van der Waals surface area contributed by atoms with Crippen LogP contribution in [0, 0.1) is 17.9 Å². The summed E-state index contributed by atoms with van der Waals surface area (Å²) >= 11 is 13.6. The summed E-state index contributed by atoms with van der Waals surface area (Å²) in [5.41, 5.74) is 11.1. The van der Waals surface area contributed by atoms with Gasteiger partial charge in [0, 0.05) is 25.9 Å². The minimum absolute atomic E-state index is 0.312. The van der Waals surface area contributed by atoms with Gasteiger partial charge in [-0.05, 0) is 63.4 Å². The fourth-order valence-corrected chi connectivity index (χ4v) is 8.15. The monoisotopic (exact) mass is 860 g/mol. The molecule has 0 fully saturated rings. The number of benzene rings is 5. The summed E-state index contributed by atoms with van der Waals surface area (Å²) in [6, 6.07) is 42.6. The van der Waals surface area contributed by atoms with Crippen molar-refractivity contribution in [1.82, 2.24) is 19.1 Å². The zero-order chi connectivity index (χ0) is 43.3. The maximum absolute atomic E-state index is 9.61. The number of ether oxygens (including phenoxy) is 2. The number of unbranched alkanes of at least 4 members (excludes halogenated alkanes) is 2. The molecule has 0 N–H and O–H groups in total. The lowest BCUT2D eigenvalue weighted by atomic mass is 9.99. The molecule has 2 heterocycles. The molecule has 7 aromatic rings. The largest absolute Gasteiger partial charge is 0.370 e. The summed E-state index contributed by atoms with van der Waals surface area (Å²) in [7, 11) is 0. The number of aryl methyl sites for hydroxylation is 2. The quantitative estimate of drug-likeness (QED) is 0.0713. The molecule has 0 amide bonds. The summed E-state index contributed by atoms with van der Waals surface area (Å²) < 4.78 is 17.0. The van der Waals surface area contributed by atoms with E-state index in [-0.39, 0.29) is 0 Å². The lowest BCUT2D eigenvalue weighted by Crippen LogP contribution is -2.11. The molecular weight excluding hydrogens is 812 g/mol. The van der Waals surface area contributed by atoms with Crippen LogP contribution in [0.2, 0.25) is 10.3 Å². The number of hydrogen-bond donors (Lipinski definition) is 0. The van der Waals surface area contributed by atoms with Crippen LogP contribution >= 0.6 is 23.2 Å². The third-order valence-corrected chi connectivity index (χ3v) is 11.6. The second-order valence-electron chi connectivity index (χ2n) is 15.4. The molecule has 0 saturated heterocycles. The predicted octanol–water partition coefficient (Wildman–Crippen LogP) is 13.4. The van der Waals surface area contributed by atoms with Gasteiger partial charge in [0.1, 0.15) is 11.6 Å². The molecule has 0 atom stereocenters. The average molecular weight is 862 g/mol. The van der Waals surface area contributed by atoms with Crippen molar-refractivity contribution in [3.63, 3.8) is 0 Å². The number of nitriles is 1. The molecule has 0 aliphatic heterocycles. The van der Waals surface area contributed by atoms with Crippen LogP contribution in [0.15, 0.2) is 121 Å². The number of halogens is 2. The van der Waals surface area contributed by atoms with Crippen molar-refractivity contribution < 1.29 is 9.47 Å². The van der Waals surface area contributed by atoms with Crippen LogP contribution in [0.5, 0.6) is 0 Å². The summed E-state index contributed by atoms with van der Waals surface area (Å²) in [4.78, 5) is 13.2. The molecule has 2 aromatic heterocycles. The predicted molar refractivity (Wildman–Crippen MR) is 248 cm³/mol. The molecule has 314 valence electrons. The number of imidazole rings is 2. The topological polar surface area (TPSA) is 82.2 Å². The van der Waals surface area contributed by atoms with Gasteiger partial charge in [0.15, 0.2) is 16.0 Å². The number of nitrogens with zero attached hydrogens (tertiary/aromatic N) is 6. The van der Waals surface area contributed by atoms with Crippen LogP contribution in [-0.2, 0) is 61.8 Å². The molecule has 0 aliphatic rings. The Morgan fingerprint density at radius 3 is 1.58 bits per heavy atom. The number of para-hydroxylation sites is 1. The number of hydrogen-bond acceptors (Lipinski definition) is 5. The summed E-state index contributed by atoms with van der Waals surface area (Å²) in [6.07, 6.45) is 5.78. The van der Waals surface area contributed by atoms with Crippen LogP contribution in [0.25, 0.3) is 27.1 Å². The van der Waals surface area contributed by atoms with Gasteiger partial charge in [0.25, 0.3) is 0 Å². The molecule has 0 aliphatic carbocycles. The standard InChI is InChI=1S/C52H50Cl2N6O2/c1-4-6-19-49-57-51(53)47(59(49)31-37-21-25-41(26-22-37)44-16-9-8-15-43(44)30-55)35-61-33-39-13-12-14-40(29-39)34-62-36-48-52(54)58-50(20-7-5-2)60(48)32-38-23-27-42(28-24-38)45-17-10-11-18-46(45)56-3/h8-18,21-29H,4-7,19-20,31-36H2,1-2H3. The van der Waals surface area contributed by atoms with E-state index in [1.165, 1.54) is 0 Å². The van der Waals surface area contributed by atoms with Crippen LogP contribution in [-0.4, -0.2) is 19.1 Å². The van der Waals surface area contributed by atoms with Crippen molar-refractivity contribution in [2.45, 2.75) is 91.9 Å². The first-order valence-electron chi connectivity index (χ1n) is 21.2. The van der Waals surface area contributed by atoms with E-state index in [4.69, 9.17) is 49.2 Å². The second kappa shape index (κ2) is 21.7. The fraction of sp³-hybridized carbons (Fsp3) is 0.269.